The van der Waals surface area contributed by atoms with Crippen LogP contribution in [0.15, 0.2) is 24.3 Å². The predicted octanol–water partition coefficient (Wildman–Crippen LogP) is 2.02. The lowest BCUT2D eigenvalue weighted by molar-refractivity contribution is 0.348. The molecule has 9 nitrogen and oxygen atoms in total. The Kier molecular flexibility index (Phi) is 6.10. The number of benzene rings is 1. The SMILES string of the molecule is COc1cc(OC)nc(Oc2cccc(F)c2NS(=O)(=O)NC(C)=S)n1. The summed E-state index contributed by atoms with van der Waals surface area (Å²) in [4.78, 5) is 7.86. The lowest BCUT2D eigenvalue weighted by Gasteiger charge is -2.14. The number of anilines is 1. The van der Waals surface area contributed by atoms with E-state index in [1.807, 2.05) is 9.44 Å². The Morgan fingerprint density at radius 1 is 1.19 bits per heavy atom. The number of nitrogens with one attached hydrogen (secondary N) is 2. The first-order valence-corrected chi connectivity index (χ1v) is 8.87. The minimum absolute atomic E-state index is 0.0165. The molecule has 0 spiro atoms. The second kappa shape index (κ2) is 8.10. The number of hydrogen-bond acceptors (Lipinski definition) is 8. The average Bonchev–Trinajstić information content (AvgIpc) is 2.56. The quantitative estimate of drug-likeness (QED) is 0.677. The number of aromatic nitrogens is 2. The zero-order valence-corrected chi connectivity index (χ0v) is 15.6. The van der Waals surface area contributed by atoms with Crippen LogP contribution in [-0.2, 0) is 10.2 Å². The van der Waals surface area contributed by atoms with Gasteiger partial charge >= 0.3 is 16.2 Å². The summed E-state index contributed by atoms with van der Waals surface area (Å²) in [5.74, 6) is -0.760. The van der Waals surface area contributed by atoms with Crippen molar-refractivity contribution < 1.29 is 27.0 Å². The monoisotopic (exact) mass is 402 g/mol. The van der Waals surface area contributed by atoms with E-state index in [0.29, 0.717) is 0 Å². The van der Waals surface area contributed by atoms with Crippen LogP contribution in [0.3, 0.4) is 0 Å². The molecule has 2 rings (SSSR count). The number of hydrogen-bond donors (Lipinski definition) is 2. The lowest BCUT2D eigenvalue weighted by atomic mass is 10.3. The van der Waals surface area contributed by atoms with Gasteiger partial charge in [0.05, 0.1) is 25.3 Å². The van der Waals surface area contributed by atoms with E-state index in [1.54, 1.807) is 0 Å². The molecule has 140 valence electrons. The molecule has 0 radical (unpaired) electrons. The number of methoxy groups -OCH3 is 2. The maximum atomic E-state index is 14.2. The third-order valence-corrected chi connectivity index (χ3v) is 4.05. The van der Waals surface area contributed by atoms with Crippen molar-refractivity contribution in [2.45, 2.75) is 6.92 Å². The lowest BCUT2D eigenvalue weighted by Crippen LogP contribution is -2.33. The Morgan fingerprint density at radius 2 is 1.81 bits per heavy atom. The molecule has 0 saturated heterocycles. The third kappa shape index (κ3) is 5.13. The fraction of sp³-hybridized carbons (Fsp3) is 0.214. The highest BCUT2D eigenvalue weighted by atomic mass is 32.2. The van der Waals surface area contributed by atoms with Gasteiger partial charge in [-0.2, -0.15) is 18.4 Å². The number of nitrogens with zero attached hydrogens (tertiary/aromatic N) is 2. The van der Waals surface area contributed by atoms with Gasteiger partial charge in [-0.25, -0.2) is 4.39 Å². The van der Waals surface area contributed by atoms with Crippen molar-refractivity contribution in [3.8, 4) is 23.5 Å². The molecule has 0 fully saturated rings. The third-order valence-electron chi connectivity index (χ3n) is 2.77. The Labute approximate surface area is 154 Å². The van der Waals surface area contributed by atoms with Crippen LogP contribution < -0.4 is 23.7 Å². The number of rotatable bonds is 7. The van der Waals surface area contributed by atoms with Gasteiger partial charge in [-0.1, -0.05) is 18.3 Å². The van der Waals surface area contributed by atoms with Crippen molar-refractivity contribution >= 4 is 33.1 Å². The molecule has 0 aliphatic rings. The molecule has 1 heterocycles. The Balaban J connectivity index is 2.39. The van der Waals surface area contributed by atoms with Crippen LogP contribution in [0.5, 0.6) is 23.5 Å². The molecule has 0 unspecified atom stereocenters. The van der Waals surface area contributed by atoms with Crippen molar-refractivity contribution in [2.75, 3.05) is 18.9 Å². The highest BCUT2D eigenvalue weighted by Gasteiger charge is 2.19. The van der Waals surface area contributed by atoms with Gasteiger partial charge in [0.25, 0.3) is 0 Å². The van der Waals surface area contributed by atoms with E-state index < -0.39 is 21.7 Å². The number of halogens is 1. The summed E-state index contributed by atoms with van der Waals surface area (Å²) < 4.78 is 57.5. The number of ether oxygens (including phenoxy) is 3. The van der Waals surface area contributed by atoms with Gasteiger partial charge in [0.2, 0.25) is 11.8 Å². The van der Waals surface area contributed by atoms with Crippen LogP contribution >= 0.6 is 12.2 Å². The molecule has 1 aromatic heterocycles. The Hall–Kier alpha value is -2.73. The zero-order chi connectivity index (χ0) is 19.3. The molecule has 0 atom stereocenters. The van der Waals surface area contributed by atoms with E-state index >= 15 is 0 Å². The Bertz CT molecular complexity index is 901. The van der Waals surface area contributed by atoms with Gasteiger partial charge < -0.3 is 14.2 Å². The van der Waals surface area contributed by atoms with Crippen LogP contribution in [0, 0.1) is 5.82 Å². The van der Waals surface area contributed by atoms with Crippen molar-refractivity contribution in [1.29, 1.82) is 0 Å². The molecule has 1 aromatic carbocycles. The highest BCUT2D eigenvalue weighted by molar-refractivity contribution is 7.93. The highest BCUT2D eigenvalue weighted by Crippen LogP contribution is 2.32. The minimum Gasteiger partial charge on any atom is -0.481 e. The molecule has 0 aliphatic carbocycles. The summed E-state index contributed by atoms with van der Waals surface area (Å²) in [6.07, 6.45) is 0. The van der Waals surface area contributed by atoms with Crippen molar-refractivity contribution in [1.82, 2.24) is 14.7 Å². The fourth-order valence-corrected chi connectivity index (χ4v) is 3.00. The molecule has 2 aromatic rings. The van der Waals surface area contributed by atoms with E-state index in [9.17, 15) is 12.8 Å². The van der Waals surface area contributed by atoms with Gasteiger partial charge in [0, 0.05) is 0 Å². The Morgan fingerprint density at radius 3 is 2.35 bits per heavy atom. The summed E-state index contributed by atoms with van der Waals surface area (Å²) in [6.45, 7) is 1.36. The first-order chi connectivity index (χ1) is 12.2. The predicted molar refractivity (Wildman–Crippen MR) is 95.6 cm³/mol. The fourth-order valence-electron chi connectivity index (χ4n) is 1.77. The van der Waals surface area contributed by atoms with Gasteiger partial charge in [-0.3, -0.25) is 9.44 Å². The van der Waals surface area contributed by atoms with E-state index in [1.165, 1.54) is 39.3 Å². The molecule has 12 heteroatoms. The van der Waals surface area contributed by atoms with E-state index in [2.05, 4.69) is 22.2 Å². The molecule has 26 heavy (non-hydrogen) atoms. The van der Waals surface area contributed by atoms with Gasteiger partial charge in [-0.15, -0.1) is 0 Å². The summed E-state index contributed by atoms with van der Waals surface area (Å²) in [7, 11) is -1.39. The van der Waals surface area contributed by atoms with Gasteiger partial charge in [0.1, 0.15) is 5.69 Å². The van der Waals surface area contributed by atoms with Crippen molar-refractivity contribution in [2.24, 2.45) is 0 Å². The molecule has 0 aliphatic heterocycles. The summed E-state index contributed by atoms with van der Waals surface area (Å²) in [6, 6.07) is 4.90. The second-order valence-corrected chi connectivity index (χ2v) is 6.74. The van der Waals surface area contributed by atoms with Crippen LogP contribution in [0.25, 0.3) is 0 Å². The van der Waals surface area contributed by atoms with E-state index in [0.717, 1.165) is 6.07 Å². The summed E-state index contributed by atoms with van der Waals surface area (Å²) in [5, 5.41) is 0. The maximum absolute atomic E-state index is 14.2. The van der Waals surface area contributed by atoms with E-state index in [4.69, 9.17) is 14.2 Å². The first kappa shape index (κ1) is 19.6. The smallest absolute Gasteiger partial charge is 0.328 e. The number of para-hydroxylation sites is 1. The zero-order valence-electron chi connectivity index (χ0n) is 13.9. The van der Waals surface area contributed by atoms with Crippen LogP contribution in [0.4, 0.5) is 10.1 Å². The minimum atomic E-state index is -4.15. The van der Waals surface area contributed by atoms with Crippen LogP contribution in [0.2, 0.25) is 0 Å². The molecule has 0 amide bonds. The average molecular weight is 402 g/mol. The van der Waals surface area contributed by atoms with Crippen LogP contribution in [0.1, 0.15) is 6.92 Å². The normalized spacial score (nSPS) is 10.8. The largest absolute Gasteiger partial charge is 0.481 e. The van der Waals surface area contributed by atoms with E-state index in [-0.39, 0.29) is 28.5 Å². The second-order valence-electron chi connectivity index (χ2n) is 4.71. The summed E-state index contributed by atoms with van der Waals surface area (Å²) in [5.41, 5.74) is -0.443. The molecule has 0 saturated carbocycles. The molecular weight excluding hydrogens is 387 g/mol. The molecule has 2 N–H and O–H groups in total. The topological polar surface area (TPSA) is 112 Å². The van der Waals surface area contributed by atoms with Gasteiger partial charge in [-0.05, 0) is 19.1 Å². The molecule has 0 bridgehead atoms. The first-order valence-electron chi connectivity index (χ1n) is 6.98. The molecular formula is C14H15FN4O5S2. The van der Waals surface area contributed by atoms with Crippen molar-refractivity contribution in [3.63, 3.8) is 0 Å². The van der Waals surface area contributed by atoms with Gasteiger partial charge in [0.15, 0.2) is 11.6 Å². The number of thiocarbonyl (C=S) groups is 1. The maximum Gasteiger partial charge on any atom is 0.328 e. The summed E-state index contributed by atoms with van der Waals surface area (Å²) >= 11 is 4.68. The van der Waals surface area contributed by atoms with Crippen molar-refractivity contribution in [3.05, 3.63) is 30.1 Å². The van der Waals surface area contributed by atoms with Crippen LogP contribution in [-0.4, -0.2) is 37.6 Å². The standard InChI is InChI=1S/C14H15FN4O5S2/c1-8(25)18-26(20,21)19-13-9(15)5-4-6-10(13)24-14-16-11(22-2)7-12(17-14)23-3/h4-7,19H,1-3H3,(H,18,25).